The summed E-state index contributed by atoms with van der Waals surface area (Å²) in [6.45, 7) is 2.48. The lowest BCUT2D eigenvalue weighted by atomic mass is 9.52. The van der Waals surface area contributed by atoms with Gasteiger partial charge in [0.15, 0.2) is 5.78 Å². The van der Waals surface area contributed by atoms with Crippen LogP contribution in [0.25, 0.3) is 0 Å². The van der Waals surface area contributed by atoms with Crippen LogP contribution in [-0.4, -0.2) is 35.0 Å². The van der Waals surface area contributed by atoms with Crippen LogP contribution in [0, 0.1) is 23.6 Å². The predicted molar refractivity (Wildman–Crippen MR) is 126 cm³/mol. The fourth-order valence-electron chi connectivity index (χ4n) is 6.54. The first-order valence-corrected chi connectivity index (χ1v) is 12.5. The fourth-order valence-corrected chi connectivity index (χ4v) is 6.54. The Kier molecular flexibility index (Phi) is 6.19. The summed E-state index contributed by atoms with van der Waals surface area (Å²) >= 11 is 0. The predicted octanol–water partition coefficient (Wildman–Crippen LogP) is 4.91. The van der Waals surface area contributed by atoms with Gasteiger partial charge in [0, 0.05) is 11.6 Å². The normalized spacial score (nSPS) is 29.1. The van der Waals surface area contributed by atoms with E-state index in [0.29, 0.717) is 35.7 Å². The Morgan fingerprint density at radius 3 is 2.50 bits per heavy atom. The number of aliphatic hydroxyl groups is 1. The maximum atomic E-state index is 14.2. The number of hydrogen-bond acceptors (Lipinski definition) is 4. The zero-order valence-electron chi connectivity index (χ0n) is 19.6. The van der Waals surface area contributed by atoms with E-state index in [9.17, 15) is 19.1 Å². The number of rotatable bonds is 8. The van der Waals surface area contributed by atoms with Gasteiger partial charge in [0.2, 0.25) is 0 Å². The molecule has 5 nitrogen and oxygen atoms in total. The molecule has 2 N–H and O–H groups in total. The molecule has 2 atom stereocenters. The molecule has 4 aliphatic carbocycles. The van der Waals surface area contributed by atoms with Crippen molar-refractivity contribution in [1.29, 1.82) is 0 Å². The Morgan fingerprint density at radius 1 is 1.09 bits per heavy atom. The zero-order chi connectivity index (χ0) is 23.9. The molecular weight excluding hydrogens is 433 g/mol. The molecule has 34 heavy (non-hydrogen) atoms. The van der Waals surface area contributed by atoms with Gasteiger partial charge in [-0.15, -0.1) is 0 Å². The van der Waals surface area contributed by atoms with Crippen molar-refractivity contribution in [1.82, 2.24) is 5.32 Å². The highest BCUT2D eigenvalue weighted by atomic mass is 19.1. The van der Waals surface area contributed by atoms with Crippen molar-refractivity contribution < 1.29 is 23.8 Å². The molecule has 0 aromatic heterocycles. The van der Waals surface area contributed by atoms with Crippen molar-refractivity contribution in [3.05, 3.63) is 65.0 Å². The van der Waals surface area contributed by atoms with Crippen LogP contribution in [-0.2, 0) is 0 Å². The summed E-state index contributed by atoms with van der Waals surface area (Å²) in [5.41, 5.74) is 0.102. The van der Waals surface area contributed by atoms with Gasteiger partial charge in [0.1, 0.15) is 11.6 Å². The monoisotopic (exact) mass is 465 g/mol. The molecule has 4 aliphatic rings. The number of ether oxygens (including phenoxy) is 1. The number of carbonyl (C=O) groups is 2. The molecular formula is C28H32FNO4. The Bertz CT molecular complexity index is 1080. The Labute approximate surface area is 199 Å². The number of unbranched alkanes of at least 4 members (excludes halogenated alkanes) is 1. The summed E-state index contributed by atoms with van der Waals surface area (Å²) in [7, 11) is 0. The minimum atomic E-state index is -0.577. The summed E-state index contributed by atoms with van der Waals surface area (Å²) in [6.07, 6.45) is 6.26. The molecule has 0 spiro atoms. The van der Waals surface area contributed by atoms with E-state index in [1.54, 1.807) is 30.3 Å². The van der Waals surface area contributed by atoms with Crippen molar-refractivity contribution in [2.45, 2.75) is 63.5 Å². The van der Waals surface area contributed by atoms with Crippen molar-refractivity contribution in [3.8, 4) is 5.75 Å². The lowest BCUT2D eigenvalue weighted by molar-refractivity contribution is -0.136. The molecule has 2 unspecified atom stereocenters. The first-order valence-electron chi connectivity index (χ1n) is 12.5. The van der Waals surface area contributed by atoms with Crippen LogP contribution < -0.4 is 10.1 Å². The molecule has 0 heterocycles. The van der Waals surface area contributed by atoms with Gasteiger partial charge >= 0.3 is 0 Å². The molecule has 1 amide bonds. The minimum Gasteiger partial charge on any atom is -0.493 e. The topological polar surface area (TPSA) is 75.6 Å². The summed E-state index contributed by atoms with van der Waals surface area (Å²) < 4.78 is 20.1. The van der Waals surface area contributed by atoms with Gasteiger partial charge in [-0.05, 0) is 86.6 Å². The number of carbonyl (C=O) groups excluding carboxylic acids is 2. The molecule has 2 aromatic rings. The first-order chi connectivity index (χ1) is 16.4. The average Bonchev–Trinajstić information content (AvgIpc) is 2.80. The Hall–Kier alpha value is -2.73. The quantitative estimate of drug-likeness (QED) is 0.429. The van der Waals surface area contributed by atoms with Crippen LogP contribution in [0.1, 0.15) is 78.1 Å². The van der Waals surface area contributed by atoms with E-state index in [1.165, 1.54) is 12.1 Å². The van der Waals surface area contributed by atoms with Crippen LogP contribution in [0.2, 0.25) is 0 Å². The third kappa shape index (κ3) is 4.36. The largest absolute Gasteiger partial charge is 0.493 e. The molecule has 6 heteroatoms. The molecule has 4 fully saturated rings. The van der Waals surface area contributed by atoms with Gasteiger partial charge in [-0.1, -0.05) is 25.5 Å². The lowest BCUT2D eigenvalue weighted by Gasteiger charge is -2.58. The van der Waals surface area contributed by atoms with Crippen LogP contribution in [0.15, 0.2) is 42.5 Å². The van der Waals surface area contributed by atoms with E-state index in [-0.39, 0.29) is 23.1 Å². The van der Waals surface area contributed by atoms with Gasteiger partial charge in [0.05, 0.1) is 23.3 Å². The van der Waals surface area contributed by atoms with E-state index in [1.807, 2.05) is 0 Å². The van der Waals surface area contributed by atoms with Crippen molar-refractivity contribution in [2.75, 3.05) is 6.61 Å². The maximum Gasteiger partial charge on any atom is 0.255 e. The Morgan fingerprint density at radius 2 is 1.82 bits per heavy atom. The van der Waals surface area contributed by atoms with Gasteiger partial charge < -0.3 is 15.2 Å². The first kappa shape index (κ1) is 23.0. The van der Waals surface area contributed by atoms with E-state index in [2.05, 4.69) is 12.2 Å². The highest BCUT2D eigenvalue weighted by Crippen LogP contribution is 2.55. The van der Waals surface area contributed by atoms with Crippen molar-refractivity contribution >= 4 is 11.7 Å². The molecule has 4 saturated carbocycles. The second kappa shape index (κ2) is 9.14. The van der Waals surface area contributed by atoms with Gasteiger partial charge in [0.25, 0.3) is 5.91 Å². The number of amides is 1. The summed E-state index contributed by atoms with van der Waals surface area (Å²) in [5.74, 6) is 0.257. The smallest absolute Gasteiger partial charge is 0.255 e. The lowest BCUT2D eigenvalue weighted by Crippen LogP contribution is -2.61. The number of nitrogens with one attached hydrogen (secondary N) is 1. The fraction of sp³-hybridized carbons (Fsp3) is 0.500. The highest BCUT2D eigenvalue weighted by molar-refractivity contribution is 6.10. The summed E-state index contributed by atoms with van der Waals surface area (Å²) in [6, 6.07) is 10.7. The van der Waals surface area contributed by atoms with E-state index in [0.717, 1.165) is 44.9 Å². The highest BCUT2D eigenvalue weighted by Gasteiger charge is 2.55. The maximum absolute atomic E-state index is 14.2. The van der Waals surface area contributed by atoms with Crippen molar-refractivity contribution in [3.63, 3.8) is 0 Å². The molecule has 180 valence electrons. The number of halogens is 1. The van der Waals surface area contributed by atoms with Gasteiger partial charge in [-0.25, -0.2) is 4.39 Å². The second-order valence-electron chi connectivity index (χ2n) is 10.4. The third-order valence-corrected chi connectivity index (χ3v) is 7.90. The minimum absolute atomic E-state index is 0.00858. The number of hydrogen-bond donors (Lipinski definition) is 2. The third-order valence-electron chi connectivity index (χ3n) is 7.90. The number of benzene rings is 2. The Balaban J connectivity index is 1.38. The summed E-state index contributed by atoms with van der Waals surface area (Å²) in [5, 5.41) is 14.1. The molecule has 0 aliphatic heterocycles. The SMILES string of the molecule is CCCCOc1cc(C(=O)c2ccccc2F)ccc1C(=O)NC1C2CC3CC1CC(O)(C3)C2. The molecule has 0 radical (unpaired) electrons. The molecule has 6 rings (SSSR count). The van der Waals surface area contributed by atoms with Crippen LogP contribution in [0.4, 0.5) is 4.39 Å². The van der Waals surface area contributed by atoms with E-state index >= 15 is 0 Å². The molecule has 4 bridgehead atoms. The van der Waals surface area contributed by atoms with E-state index < -0.39 is 17.2 Å². The second-order valence-corrected chi connectivity index (χ2v) is 10.4. The molecule has 0 saturated heterocycles. The molecule has 2 aromatic carbocycles. The number of ketones is 1. The van der Waals surface area contributed by atoms with Gasteiger partial charge in [-0.3, -0.25) is 9.59 Å². The average molecular weight is 466 g/mol. The van der Waals surface area contributed by atoms with Crippen LogP contribution in [0.5, 0.6) is 5.75 Å². The zero-order valence-corrected chi connectivity index (χ0v) is 19.6. The van der Waals surface area contributed by atoms with Crippen LogP contribution >= 0.6 is 0 Å². The van der Waals surface area contributed by atoms with Crippen molar-refractivity contribution in [2.24, 2.45) is 17.8 Å². The van der Waals surface area contributed by atoms with Gasteiger partial charge in [-0.2, -0.15) is 0 Å². The standard InChI is InChI=1S/C28H32FNO4/c1-2-3-10-34-24-13-18(26(31)21-6-4-5-7-23(21)29)8-9-22(24)27(32)30-25-19-11-17-12-20(25)16-28(33,14-17)15-19/h4-9,13,17,19-20,25,33H,2-3,10-12,14-16H2,1H3,(H,30,32). The summed E-state index contributed by atoms with van der Waals surface area (Å²) in [4.78, 5) is 26.3. The van der Waals surface area contributed by atoms with E-state index in [4.69, 9.17) is 4.74 Å². The van der Waals surface area contributed by atoms with Crippen LogP contribution in [0.3, 0.4) is 0 Å².